The van der Waals surface area contributed by atoms with Gasteiger partial charge >= 0.3 is 0 Å². The van der Waals surface area contributed by atoms with Crippen molar-refractivity contribution in [2.45, 2.75) is 51.9 Å². The van der Waals surface area contributed by atoms with E-state index < -0.39 is 13.7 Å². The Labute approximate surface area is 174 Å². The Bertz CT molecular complexity index is 1060. The third-order valence-corrected chi connectivity index (χ3v) is 6.37. The molecule has 0 saturated heterocycles. The number of ether oxygens (including phenoxy) is 1. The molecule has 5 nitrogen and oxygen atoms in total. The summed E-state index contributed by atoms with van der Waals surface area (Å²) in [4.78, 5) is 0. The lowest BCUT2D eigenvalue weighted by molar-refractivity contribution is 0.0786. The maximum absolute atomic E-state index is 9.87. The maximum Gasteiger partial charge on any atom is 0.139 e. The first-order valence-corrected chi connectivity index (χ1v) is 13.7. The van der Waals surface area contributed by atoms with E-state index in [9.17, 15) is 5.11 Å². The molecule has 0 fully saturated rings. The van der Waals surface area contributed by atoms with Gasteiger partial charge in [-0.25, -0.2) is 4.68 Å². The highest BCUT2D eigenvalue weighted by Crippen LogP contribution is 2.30. The van der Waals surface area contributed by atoms with Crippen molar-refractivity contribution in [1.29, 1.82) is 0 Å². The van der Waals surface area contributed by atoms with Gasteiger partial charge in [0.25, 0.3) is 0 Å². The lowest BCUT2D eigenvalue weighted by atomic mass is 10.0. The SMILES string of the molecule is Cn1cc(-c2cnn(COCC[Si](C)(C)C)c2)c2cc(C#CC(C)(C)O)ccc21. The van der Waals surface area contributed by atoms with Crippen molar-refractivity contribution in [2.24, 2.45) is 7.05 Å². The highest BCUT2D eigenvalue weighted by Gasteiger charge is 2.13. The molecule has 1 N–H and O–H groups in total. The van der Waals surface area contributed by atoms with Crippen molar-refractivity contribution in [2.75, 3.05) is 6.61 Å². The molecule has 0 aliphatic carbocycles. The number of hydrogen-bond donors (Lipinski definition) is 1. The van der Waals surface area contributed by atoms with E-state index >= 15 is 0 Å². The lowest BCUT2D eigenvalue weighted by Crippen LogP contribution is -2.22. The third-order valence-electron chi connectivity index (χ3n) is 4.67. The third kappa shape index (κ3) is 5.83. The summed E-state index contributed by atoms with van der Waals surface area (Å²) in [5.74, 6) is 5.95. The van der Waals surface area contributed by atoms with Crippen molar-refractivity contribution in [3.05, 3.63) is 42.4 Å². The van der Waals surface area contributed by atoms with E-state index in [4.69, 9.17) is 4.74 Å². The van der Waals surface area contributed by atoms with Crippen LogP contribution in [0.25, 0.3) is 22.0 Å². The molecule has 29 heavy (non-hydrogen) atoms. The second kappa shape index (κ2) is 8.19. The number of aromatic nitrogens is 3. The van der Waals surface area contributed by atoms with E-state index in [2.05, 4.69) is 59.5 Å². The van der Waals surface area contributed by atoms with Crippen molar-refractivity contribution in [1.82, 2.24) is 14.3 Å². The first kappa shape index (κ1) is 21.4. The van der Waals surface area contributed by atoms with E-state index in [1.54, 1.807) is 13.8 Å². The molecule has 0 amide bonds. The summed E-state index contributed by atoms with van der Waals surface area (Å²) in [5, 5.41) is 15.5. The first-order chi connectivity index (χ1) is 13.5. The summed E-state index contributed by atoms with van der Waals surface area (Å²) in [5.41, 5.74) is 3.17. The number of fused-ring (bicyclic) bond motifs is 1. The number of rotatable bonds is 6. The topological polar surface area (TPSA) is 52.2 Å². The smallest absolute Gasteiger partial charge is 0.139 e. The fourth-order valence-corrected chi connectivity index (χ4v) is 3.79. The Morgan fingerprint density at radius 1 is 1.21 bits per heavy atom. The largest absolute Gasteiger partial charge is 0.378 e. The van der Waals surface area contributed by atoms with Crippen LogP contribution in [0.1, 0.15) is 19.4 Å². The molecular weight excluding hydrogens is 378 g/mol. The minimum absolute atomic E-state index is 0.470. The summed E-state index contributed by atoms with van der Waals surface area (Å²) in [6.45, 7) is 11.7. The monoisotopic (exact) mass is 409 g/mol. The summed E-state index contributed by atoms with van der Waals surface area (Å²) in [6, 6.07) is 7.28. The predicted molar refractivity (Wildman–Crippen MR) is 121 cm³/mol. The van der Waals surface area contributed by atoms with Crippen LogP contribution in [0, 0.1) is 11.8 Å². The van der Waals surface area contributed by atoms with Crippen molar-refractivity contribution >= 4 is 19.0 Å². The normalized spacial score (nSPS) is 12.2. The molecule has 0 unspecified atom stereocenters. The zero-order valence-corrected chi connectivity index (χ0v) is 19.3. The molecule has 2 heterocycles. The van der Waals surface area contributed by atoms with Gasteiger partial charge in [0.05, 0.1) is 6.20 Å². The summed E-state index contributed by atoms with van der Waals surface area (Å²) >= 11 is 0. The molecule has 3 aromatic rings. The van der Waals surface area contributed by atoms with Gasteiger partial charge < -0.3 is 14.4 Å². The number of hydrogen-bond acceptors (Lipinski definition) is 3. The van der Waals surface area contributed by atoms with Gasteiger partial charge in [-0.3, -0.25) is 0 Å². The van der Waals surface area contributed by atoms with Crippen molar-refractivity contribution < 1.29 is 9.84 Å². The van der Waals surface area contributed by atoms with E-state index in [1.165, 1.54) is 0 Å². The molecule has 0 saturated carbocycles. The predicted octanol–water partition coefficient (Wildman–Crippen LogP) is 4.48. The van der Waals surface area contributed by atoms with Gasteiger partial charge in [0, 0.05) is 61.7 Å². The average molecular weight is 410 g/mol. The molecule has 0 aliphatic heterocycles. The summed E-state index contributed by atoms with van der Waals surface area (Å²) in [6.07, 6.45) is 6.02. The molecule has 0 bridgehead atoms. The average Bonchev–Trinajstić information content (AvgIpc) is 3.20. The Hall–Kier alpha value is -2.33. The Kier molecular flexibility index (Phi) is 6.04. The molecule has 3 rings (SSSR count). The van der Waals surface area contributed by atoms with Crippen molar-refractivity contribution in [3.63, 3.8) is 0 Å². The molecule has 154 valence electrons. The van der Waals surface area contributed by atoms with Crippen LogP contribution in [0.4, 0.5) is 0 Å². The van der Waals surface area contributed by atoms with Gasteiger partial charge in [-0.05, 0) is 38.1 Å². The van der Waals surface area contributed by atoms with Crippen LogP contribution in [0.5, 0.6) is 0 Å². The minimum Gasteiger partial charge on any atom is -0.378 e. The molecule has 0 aliphatic rings. The molecule has 6 heteroatoms. The minimum atomic E-state index is -1.08. The van der Waals surface area contributed by atoms with Gasteiger partial charge in [-0.1, -0.05) is 31.5 Å². The van der Waals surface area contributed by atoms with Crippen LogP contribution in [-0.2, 0) is 18.5 Å². The zero-order chi connectivity index (χ0) is 21.2. The molecule has 1 aromatic carbocycles. The van der Waals surface area contributed by atoms with E-state index in [-0.39, 0.29) is 0 Å². The van der Waals surface area contributed by atoms with E-state index in [0.717, 1.165) is 40.2 Å². The van der Waals surface area contributed by atoms with Gasteiger partial charge in [0.1, 0.15) is 12.3 Å². The zero-order valence-electron chi connectivity index (χ0n) is 18.3. The second-order valence-electron chi connectivity index (χ2n) is 9.31. The first-order valence-electron chi connectivity index (χ1n) is 9.97. The summed E-state index contributed by atoms with van der Waals surface area (Å²) in [7, 11) is 0.961. The van der Waals surface area contributed by atoms with Crippen LogP contribution in [-0.4, -0.2) is 39.7 Å². The Balaban J connectivity index is 1.82. The Morgan fingerprint density at radius 3 is 2.66 bits per heavy atom. The number of nitrogens with zero attached hydrogens (tertiary/aromatic N) is 3. The van der Waals surface area contributed by atoms with Gasteiger partial charge in [-0.15, -0.1) is 0 Å². The van der Waals surface area contributed by atoms with Gasteiger partial charge in [0.2, 0.25) is 0 Å². The molecule has 0 atom stereocenters. The Morgan fingerprint density at radius 2 is 1.97 bits per heavy atom. The van der Waals surface area contributed by atoms with Crippen LogP contribution in [0.3, 0.4) is 0 Å². The van der Waals surface area contributed by atoms with Crippen LogP contribution in [0.15, 0.2) is 36.8 Å². The fourth-order valence-electron chi connectivity index (χ4n) is 3.03. The fraction of sp³-hybridized carbons (Fsp3) is 0.435. The number of aryl methyl sites for hydroxylation is 1. The van der Waals surface area contributed by atoms with Gasteiger partial charge in [0.15, 0.2) is 0 Å². The molecule has 2 aromatic heterocycles. The van der Waals surface area contributed by atoms with Crippen molar-refractivity contribution in [3.8, 4) is 23.0 Å². The molecular formula is C23H31N3O2Si. The highest BCUT2D eigenvalue weighted by atomic mass is 28.3. The quantitative estimate of drug-likeness (QED) is 0.371. The summed E-state index contributed by atoms with van der Waals surface area (Å²) < 4.78 is 9.76. The second-order valence-corrected chi connectivity index (χ2v) is 14.9. The van der Waals surface area contributed by atoms with Crippen LogP contribution < -0.4 is 0 Å². The maximum atomic E-state index is 9.87. The number of aliphatic hydroxyl groups is 1. The van der Waals surface area contributed by atoms with E-state index in [0.29, 0.717) is 6.73 Å². The van der Waals surface area contributed by atoms with Crippen LogP contribution in [0.2, 0.25) is 25.7 Å². The standard InChI is InChI=1S/C23H31N3O2Si/c1-23(2,27)10-9-18-7-8-22-20(13-18)21(16-25(22)3)19-14-24-26(15-19)17-28-11-12-29(4,5)6/h7-8,13-16,27H,11-12,17H2,1-6H3. The van der Waals surface area contributed by atoms with E-state index in [1.807, 2.05) is 30.2 Å². The molecule has 0 spiro atoms. The molecule has 0 radical (unpaired) electrons. The van der Waals surface area contributed by atoms with Gasteiger partial charge in [-0.2, -0.15) is 5.10 Å². The highest BCUT2D eigenvalue weighted by molar-refractivity contribution is 6.76. The van der Waals surface area contributed by atoms with Crippen LogP contribution >= 0.6 is 0 Å². The lowest BCUT2D eigenvalue weighted by Gasteiger charge is -2.15. The number of benzene rings is 1.